The molecule has 2 saturated heterocycles. The van der Waals surface area contributed by atoms with Crippen LogP contribution in [0.4, 0.5) is 4.39 Å². The Bertz CT molecular complexity index is 596. The molecule has 0 spiro atoms. The topological polar surface area (TPSA) is 56.1 Å². The number of nitrogens with zero attached hydrogens (tertiary/aromatic N) is 2. The van der Waals surface area contributed by atoms with Crippen LogP contribution in [0.5, 0.6) is 0 Å². The number of piperidine rings is 2. The van der Waals surface area contributed by atoms with Crippen molar-refractivity contribution >= 4 is 5.91 Å². The molecule has 0 bridgehead atoms. The second-order valence-corrected chi connectivity index (χ2v) is 5.79. The Balaban J connectivity index is 1.86. The number of rotatable bonds is 2. The maximum Gasteiger partial charge on any atom is 0.223 e. The minimum absolute atomic E-state index is 0.117. The average Bonchev–Trinajstić information content (AvgIpc) is 2.50. The molecule has 1 N–H and O–H groups in total. The van der Waals surface area contributed by atoms with E-state index < -0.39 is 0 Å². The Kier molecular flexibility index (Phi) is 3.89. The number of fused-ring (bicyclic) bond motifs is 1. The first-order valence-electron chi connectivity index (χ1n) is 7.38. The Morgan fingerprint density at radius 2 is 2.29 bits per heavy atom. The molecule has 21 heavy (non-hydrogen) atoms. The maximum atomic E-state index is 13.4. The number of benzene rings is 1. The quantitative estimate of drug-likeness (QED) is 0.902. The smallest absolute Gasteiger partial charge is 0.223 e. The third kappa shape index (κ3) is 2.77. The Morgan fingerprint density at radius 3 is 3.10 bits per heavy atom. The molecule has 0 radical (unpaired) electrons. The fraction of sp³-hybridized carbons (Fsp3) is 0.500. The predicted octanol–water partition coefficient (Wildman–Crippen LogP) is 1.80. The van der Waals surface area contributed by atoms with Crippen LogP contribution in [0.15, 0.2) is 18.2 Å². The van der Waals surface area contributed by atoms with E-state index in [0.29, 0.717) is 30.0 Å². The van der Waals surface area contributed by atoms with Crippen molar-refractivity contribution in [1.29, 1.82) is 5.26 Å². The summed E-state index contributed by atoms with van der Waals surface area (Å²) in [6.45, 7) is 2.17. The summed E-state index contributed by atoms with van der Waals surface area (Å²) in [5.74, 6) is 0.220. The Hall–Kier alpha value is -1.93. The fourth-order valence-electron chi connectivity index (χ4n) is 3.44. The zero-order chi connectivity index (χ0) is 14.8. The second-order valence-electron chi connectivity index (χ2n) is 5.79. The summed E-state index contributed by atoms with van der Waals surface area (Å²) in [6, 6.07) is 6.43. The molecular formula is C16H18FN3O. The zero-order valence-electron chi connectivity index (χ0n) is 11.8. The highest BCUT2D eigenvalue weighted by Crippen LogP contribution is 2.30. The maximum absolute atomic E-state index is 13.4. The monoisotopic (exact) mass is 287 g/mol. The third-order valence-corrected chi connectivity index (χ3v) is 4.55. The van der Waals surface area contributed by atoms with Crippen molar-refractivity contribution in [2.45, 2.75) is 31.8 Å². The van der Waals surface area contributed by atoms with E-state index in [4.69, 9.17) is 5.26 Å². The number of halogens is 1. The van der Waals surface area contributed by atoms with E-state index in [0.717, 1.165) is 25.9 Å². The first-order valence-corrected chi connectivity index (χ1v) is 7.38. The molecule has 1 amide bonds. The van der Waals surface area contributed by atoms with Crippen LogP contribution in [0.1, 0.15) is 30.4 Å². The van der Waals surface area contributed by atoms with Crippen molar-refractivity contribution in [2.24, 2.45) is 5.92 Å². The van der Waals surface area contributed by atoms with Gasteiger partial charge in [0.1, 0.15) is 5.82 Å². The van der Waals surface area contributed by atoms with Gasteiger partial charge in [-0.05, 0) is 55.6 Å². The third-order valence-electron chi connectivity index (χ3n) is 4.55. The summed E-state index contributed by atoms with van der Waals surface area (Å²) >= 11 is 0. The molecule has 1 aromatic carbocycles. The first kappa shape index (κ1) is 14.0. The Labute approximate surface area is 123 Å². The van der Waals surface area contributed by atoms with Crippen LogP contribution >= 0.6 is 0 Å². The first-order chi connectivity index (χ1) is 10.2. The number of hydrogen-bond donors (Lipinski definition) is 1. The van der Waals surface area contributed by atoms with Crippen LogP contribution in [0, 0.1) is 23.1 Å². The minimum atomic E-state index is -0.365. The van der Waals surface area contributed by atoms with Crippen molar-refractivity contribution in [2.75, 3.05) is 13.1 Å². The molecule has 2 atom stereocenters. The molecule has 110 valence electrons. The van der Waals surface area contributed by atoms with Gasteiger partial charge in [0.05, 0.1) is 11.6 Å². The van der Waals surface area contributed by atoms with Crippen molar-refractivity contribution in [3.05, 3.63) is 35.1 Å². The minimum Gasteiger partial charge on any atom is -0.335 e. The van der Waals surface area contributed by atoms with Crippen molar-refractivity contribution in [1.82, 2.24) is 10.2 Å². The number of carbonyl (C=O) groups excluding carboxylic acids is 1. The normalized spacial score (nSPS) is 25.3. The number of hydrogen-bond acceptors (Lipinski definition) is 3. The molecule has 2 aliphatic rings. The zero-order valence-corrected chi connectivity index (χ0v) is 11.8. The number of nitrogens with one attached hydrogen (secondary N) is 1. The fourth-order valence-corrected chi connectivity index (χ4v) is 3.44. The summed E-state index contributed by atoms with van der Waals surface area (Å²) in [4.78, 5) is 14.1. The standard InChI is InChI=1S/C16H18FN3O/c17-14-3-1-11(8-18)13(7-14)10-20-15-5-6-19-9-12(15)2-4-16(20)21/h1,3,7,12,15,19H,2,4-6,9-10H2. The molecule has 2 fully saturated rings. The van der Waals surface area contributed by atoms with Gasteiger partial charge in [0.15, 0.2) is 0 Å². The summed E-state index contributed by atoms with van der Waals surface area (Å²) in [5, 5.41) is 12.5. The van der Waals surface area contributed by atoms with Crippen LogP contribution in [0.2, 0.25) is 0 Å². The van der Waals surface area contributed by atoms with Crippen LogP contribution in [-0.4, -0.2) is 29.9 Å². The lowest BCUT2D eigenvalue weighted by atomic mass is 9.84. The van der Waals surface area contributed by atoms with Crippen LogP contribution in [0.3, 0.4) is 0 Å². The van der Waals surface area contributed by atoms with Gasteiger partial charge in [-0.1, -0.05) is 0 Å². The van der Waals surface area contributed by atoms with Gasteiger partial charge in [0.25, 0.3) is 0 Å². The van der Waals surface area contributed by atoms with Crippen molar-refractivity contribution < 1.29 is 9.18 Å². The summed E-state index contributed by atoms with van der Waals surface area (Å²) in [7, 11) is 0. The van der Waals surface area contributed by atoms with Crippen LogP contribution in [-0.2, 0) is 11.3 Å². The largest absolute Gasteiger partial charge is 0.335 e. The van der Waals surface area contributed by atoms with Crippen LogP contribution < -0.4 is 5.32 Å². The molecule has 2 heterocycles. The molecule has 5 heteroatoms. The number of amides is 1. The van der Waals surface area contributed by atoms with Crippen molar-refractivity contribution in [3.63, 3.8) is 0 Å². The van der Waals surface area contributed by atoms with Gasteiger partial charge in [-0.3, -0.25) is 4.79 Å². The summed E-state index contributed by atoms with van der Waals surface area (Å²) < 4.78 is 13.4. The molecular weight excluding hydrogens is 269 g/mol. The molecule has 0 saturated carbocycles. The lowest BCUT2D eigenvalue weighted by molar-refractivity contribution is -0.140. The van der Waals surface area contributed by atoms with Gasteiger partial charge >= 0.3 is 0 Å². The summed E-state index contributed by atoms with van der Waals surface area (Å²) in [6.07, 6.45) is 2.38. The number of likely N-dealkylation sites (tertiary alicyclic amines) is 1. The van der Waals surface area contributed by atoms with Gasteiger partial charge in [0.2, 0.25) is 5.91 Å². The van der Waals surface area contributed by atoms with Crippen molar-refractivity contribution in [3.8, 4) is 6.07 Å². The summed E-state index contributed by atoms with van der Waals surface area (Å²) in [5.41, 5.74) is 1.05. The predicted molar refractivity (Wildman–Crippen MR) is 75.7 cm³/mol. The van der Waals surface area contributed by atoms with Gasteiger partial charge < -0.3 is 10.2 Å². The lowest BCUT2D eigenvalue weighted by Crippen LogP contribution is -2.54. The lowest BCUT2D eigenvalue weighted by Gasteiger charge is -2.44. The molecule has 0 aliphatic carbocycles. The van der Waals surface area contributed by atoms with E-state index in [2.05, 4.69) is 11.4 Å². The van der Waals surface area contributed by atoms with Gasteiger partial charge in [-0.2, -0.15) is 5.26 Å². The SMILES string of the molecule is N#Cc1ccc(F)cc1CN1C(=O)CCC2CNCCC21. The van der Waals surface area contributed by atoms with E-state index >= 15 is 0 Å². The van der Waals surface area contributed by atoms with E-state index in [1.807, 2.05) is 4.90 Å². The van der Waals surface area contributed by atoms with Gasteiger partial charge in [-0.25, -0.2) is 4.39 Å². The van der Waals surface area contributed by atoms with E-state index in [1.54, 1.807) is 0 Å². The average molecular weight is 287 g/mol. The molecule has 4 nitrogen and oxygen atoms in total. The number of nitriles is 1. The highest BCUT2D eigenvalue weighted by atomic mass is 19.1. The molecule has 2 aliphatic heterocycles. The van der Waals surface area contributed by atoms with E-state index in [9.17, 15) is 9.18 Å². The van der Waals surface area contributed by atoms with Crippen LogP contribution in [0.25, 0.3) is 0 Å². The number of carbonyl (C=O) groups is 1. The molecule has 2 unspecified atom stereocenters. The molecule has 3 rings (SSSR count). The van der Waals surface area contributed by atoms with Gasteiger partial charge in [-0.15, -0.1) is 0 Å². The molecule has 0 aromatic heterocycles. The van der Waals surface area contributed by atoms with E-state index in [-0.39, 0.29) is 17.8 Å². The highest BCUT2D eigenvalue weighted by molar-refractivity contribution is 5.77. The van der Waals surface area contributed by atoms with Gasteiger partial charge in [0, 0.05) is 19.0 Å². The van der Waals surface area contributed by atoms with E-state index in [1.165, 1.54) is 18.2 Å². The second kappa shape index (κ2) is 5.82. The highest BCUT2D eigenvalue weighted by Gasteiger charge is 2.37. The Morgan fingerprint density at radius 1 is 1.43 bits per heavy atom. The molecule has 1 aromatic rings.